The van der Waals surface area contributed by atoms with Crippen LogP contribution >= 0.6 is 11.8 Å². The van der Waals surface area contributed by atoms with E-state index in [4.69, 9.17) is 4.74 Å². The van der Waals surface area contributed by atoms with Crippen LogP contribution in [0.25, 0.3) is 0 Å². The summed E-state index contributed by atoms with van der Waals surface area (Å²) in [5, 5.41) is 3.34. The second kappa shape index (κ2) is 8.53. The third-order valence-corrected chi connectivity index (χ3v) is 3.70. The zero-order chi connectivity index (χ0) is 15.0. The Hall–Kier alpha value is -0.740. The molecule has 20 heavy (non-hydrogen) atoms. The van der Waals surface area contributed by atoms with E-state index in [0.717, 1.165) is 23.5 Å². The zero-order valence-corrected chi connectivity index (χ0v) is 13.8. The molecule has 0 aromatic heterocycles. The molecule has 2 nitrogen and oxygen atoms in total. The van der Waals surface area contributed by atoms with E-state index in [0.29, 0.717) is 18.9 Å². The first-order chi connectivity index (χ1) is 9.42. The number of halogens is 1. The summed E-state index contributed by atoms with van der Waals surface area (Å²) >= 11 is 1.88. The average Bonchev–Trinajstić information content (AvgIpc) is 2.37. The molecular weight excluding hydrogens is 273 g/mol. The predicted octanol–water partition coefficient (Wildman–Crippen LogP) is 4.24. The second-order valence-corrected chi connectivity index (χ2v) is 7.16. The molecule has 0 heterocycles. The molecule has 0 bridgehead atoms. The van der Waals surface area contributed by atoms with Gasteiger partial charge in [-0.3, -0.25) is 0 Å². The van der Waals surface area contributed by atoms with Gasteiger partial charge in [-0.1, -0.05) is 13.0 Å². The van der Waals surface area contributed by atoms with Crippen molar-refractivity contribution in [1.82, 2.24) is 5.32 Å². The molecule has 0 spiro atoms. The van der Waals surface area contributed by atoms with Crippen molar-refractivity contribution in [3.63, 3.8) is 0 Å². The number of thioether (sulfide) groups is 1. The molecular formula is C16H26FNOS. The van der Waals surface area contributed by atoms with Crippen molar-refractivity contribution in [3.05, 3.63) is 29.6 Å². The molecule has 0 aliphatic rings. The van der Waals surface area contributed by atoms with Crippen LogP contribution < -0.4 is 10.1 Å². The maximum atomic E-state index is 13.9. The van der Waals surface area contributed by atoms with Gasteiger partial charge >= 0.3 is 0 Å². The predicted molar refractivity (Wildman–Crippen MR) is 86.1 cm³/mol. The fourth-order valence-electron chi connectivity index (χ4n) is 1.63. The van der Waals surface area contributed by atoms with Gasteiger partial charge in [0, 0.05) is 12.1 Å². The minimum Gasteiger partial charge on any atom is -0.490 e. The van der Waals surface area contributed by atoms with Crippen molar-refractivity contribution in [3.8, 4) is 5.75 Å². The molecule has 1 aromatic rings. The Labute approximate surface area is 126 Å². The summed E-state index contributed by atoms with van der Waals surface area (Å²) in [6.45, 7) is 9.65. The third kappa shape index (κ3) is 7.15. The van der Waals surface area contributed by atoms with Crippen molar-refractivity contribution in [2.24, 2.45) is 0 Å². The van der Waals surface area contributed by atoms with Gasteiger partial charge in [0.2, 0.25) is 0 Å². The molecule has 0 saturated carbocycles. The molecule has 0 aliphatic carbocycles. The first-order valence-corrected chi connectivity index (χ1v) is 8.32. The van der Waals surface area contributed by atoms with E-state index in [9.17, 15) is 4.39 Å². The molecule has 0 amide bonds. The number of benzene rings is 1. The van der Waals surface area contributed by atoms with Gasteiger partial charge in [0.1, 0.15) is 0 Å². The number of ether oxygens (including phenoxy) is 1. The molecule has 0 unspecified atom stereocenters. The van der Waals surface area contributed by atoms with Gasteiger partial charge in [-0.05, 0) is 56.4 Å². The number of hydrogen-bond acceptors (Lipinski definition) is 3. The maximum Gasteiger partial charge on any atom is 0.165 e. The Morgan fingerprint density at radius 1 is 1.30 bits per heavy atom. The van der Waals surface area contributed by atoms with Gasteiger partial charge in [0.15, 0.2) is 11.6 Å². The van der Waals surface area contributed by atoms with Crippen LogP contribution in [-0.2, 0) is 6.54 Å². The Kier molecular flexibility index (Phi) is 7.38. The monoisotopic (exact) mass is 299 g/mol. The van der Waals surface area contributed by atoms with Crippen LogP contribution in [0.1, 0.15) is 39.7 Å². The van der Waals surface area contributed by atoms with Crippen LogP contribution in [0, 0.1) is 5.82 Å². The van der Waals surface area contributed by atoms with E-state index < -0.39 is 0 Å². The summed E-state index contributed by atoms with van der Waals surface area (Å²) in [5.41, 5.74) is 0.967. The van der Waals surface area contributed by atoms with Gasteiger partial charge in [0.05, 0.1) is 6.61 Å². The third-order valence-electron chi connectivity index (χ3n) is 2.71. The summed E-state index contributed by atoms with van der Waals surface area (Å²) in [5.74, 6) is 2.25. The van der Waals surface area contributed by atoms with Gasteiger partial charge in [-0.2, -0.15) is 11.8 Å². The normalized spacial score (nSPS) is 11.7. The first-order valence-electron chi connectivity index (χ1n) is 7.16. The lowest BCUT2D eigenvalue weighted by Gasteiger charge is -2.20. The molecule has 0 atom stereocenters. The van der Waals surface area contributed by atoms with E-state index in [-0.39, 0.29) is 11.4 Å². The molecule has 114 valence electrons. The lowest BCUT2D eigenvalue weighted by Crippen LogP contribution is -2.35. The minimum atomic E-state index is -0.277. The highest BCUT2D eigenvalue weighted by molar-refractivity contribution is 7.99. The minimum absolute atomic E-state index is 0.0303. The Bertz CT molecular complexity index is 404. The van der Waals surface area contributed by atoms with Crippen LogP contribution in [0.5, 0.6) is 5.75 Å². The lowest BCUT2D eigenvalue weighted by molar-refractivity contribution is 0.302. The summed E-state index contributed by atoms with van der Waals surface area (Å²) in [6.07, 6.45) is 0.950. The Morgan fingerprint density at radius 2 is 2.05 bits per heavy atom. The summed E-state index contributed by atoms with van der Waals surface area (Å²) in [6, 6.07) is 5.19. The molecule has 0 fully saturated rings. The highest BCUT2D eigenvalue weighted by atomic mass is 32.2. The maximum absolute atomic E-state index is 13.9. The standard InChI is InChI=1S/C16H26FNOS/c1-5-20-10-6-9-19-15-8-7-13(11-14(15)17)12-18-16(2,3)4/h7-8,11,18H,5-6,9-10,12H2,1-4H3. The molecule has 1 rings (SSSR count). The zero-order valence-electron chi connectivity index (χ0n) is 13.0. The van der Waals surface area contributed by atoms with E-state index in [2.05, 4.69) is 33.0 Å². The van der Waals surface area contributed by atoms with Gasteiger partial charge < -0.3 is 10.1 Å². The first kappa shape index (κ1) is 17.3. The summed E-state index contributed by atoms with van der Waals surface area (Å²) < 4.78 is 19.4. The lowest BCUT2D eigenvalue weighted by atomic mass is 10.1. The average molecular weight is 299 g/mol. The number of hydrogen-bond donors (Lipinski definition) is 1. The Morgan fingerprint density at radius 3 is 2.65 bits per heavy atom. The smallest absolute Gasteiger partial charge is 0.165 e. The number of rotatable bonds is 8. The molecule has 0 saturated heterocycles. The van der Waals surface area contributed by atoms with Crippen molar-refractivity contribution in [2.45, 2.75) is 46.2 Å². The quantitative estimate of drug-likeness (QED) is 0.726. The molecule has 0 aliphatic heterocycles. The van der Waals surface area contributed by atoms with Gasteiger partial charge in [-0.15, -0.1) is 0 Å². The van der Waals surface area contributed by atoms with Crippen LogP contribution in [-0.4, -0.2) is 23.7 Å². The van der Waals surface area contributed by atoms with Gasteiger partial charge in [0.25, 0.3) is 0 Å². The molecule has 1 N–H and O–H groups in total. The highest BCUT2D eigenvalue weighted by Crippen LogP contribution is 2.19. The molecule has 4 heteroatoms. The topological polar surface area (TPSA) is 21.3 Å². The van der Waals surface area contributed by atoms with Gasteiger partial charge in [-0.25, -0.2) is 4.39 Å². The van der Waals surface area contributed by atoms with Crippen molar-refractivity contribution in [1.29, 1.82) is 0 Å². The SMILES string of the molecule is CCSCCCOc1ccc(CNC(C)(C)C)cc1F. The van der Waals surface area contributed by atoms with E-state index in [1.807, 2.05) is 17.8 Å². The van der Waals surface area contributed by atoms with Crippen LogP contribution in [0.15, 0.2) is 18.2 Å². The summed E-state index contributed by atoms with van der Waals surface area (Å²) in [4.78, 5) is 0. The van der Waals surface area contributed by atoms with E-state index in [1.54, 1.807) is 12.1 Å². The van der Waals surface area contributed by atoms with Crippen molar-refractivity contribution >= 4 is 11.8 Å². The molecule has 1 aromatic carbocycles. The largest absolute Gasteiger partial charge is 0.490 e. The highest BCUT2D eigenvalue weighted by Gasteiger charge is 2.10. The van der Waals surface area contributed by atoms with E-state index >= 15 is 0 Å². The van der Waals surface area contributed by atoms with Crippen LogP contribution in [0.4, 0.5) is 4.39 Å². The van der Waals surface area contributed by atoms with Crippen LogP contribution in [0.3, 0.4) is 0 Å². The van der Waals surface area contributed by atoms with Crippen LogP contribution in [0.2, 0.25) is 0 Å². The molecule has 0 radical (unpaired) electrons. The fraction of sp³-hybridized carbons (Fsp3) is 0.625. The Balaban J connectivity index is 2.43. The summed E-state index contributed by atoms with van der Waals surface area (Å²) in [7, 11) is 0. The van der Waals surface area contributed by atoms with E-state index in [1.165, 1.54) is 0 Å². The van der Waals surface area contributed by atoms with Crippen molar-refractivity contribution < 1.29 is 9.13 Å². The fourth-order valence-corrected chi connectivity index (χ4v) is 2.24. The van der Waals surface area contributed by atoms with Crippen molar-refractivity contribution in [2.75, 3.05) is 18.1 Å². The second-order valence-electron chi connectivity index (χ2n) is 5.77. The number of nitrogens with one attached hydrogen (secondary N) is 1.